The highest BCUT2D eigenvalue weighted by Crippen LogP contribution is 2.42. The van der Waals surface area contributed by atoms with Crippen molar-refractivity contribution in [3.63, 3.8) is 0 Å². The number of β-amino-alcohol motifs (C(OH)–C–C–N with tert-alkyl or cyclic N) is 1. The molecule has 0 bridgehead atoms. The number of likely N-dealkylation sites (tertiary alicyclic amines) is 1. The van der Waals surface area contributed by atoms with Gasteiger partial charge in [-0.25, -0.2) is 0 Å². The van der Waals surface area contributed by atoms with Crippen LogP contribution in [0.1, 0.15) is 29.5 Å². The molecule has 2 aliphatic rings. The Morgan fingerprint density at radius 3 is 2.42 bits per heavy atom. The average Bonchev–Trinajstić information content (AvgIpc) is 3.05. The average molecular weight is 451 g/mol. The second kappa shape index (κ2) is 9.80. The fraction of sp³-hybridized carbons (Fsp3) is 0.440. The van der Waals surface area contributed by atoms with Crippen LogP contribution in [0.15, 0.2) is 48.8 Å². The lowest BCUT2D eigenvalue weighted by atomic mass is 9.74. The summed E-state index contributed by atoms with van der Waals surface area (Å²) in [5.41, 5.74) is 1.26. The number of carbonyl (C=O) groups is 3. The molecule has 1 aromatic heterocycles. The SMILES string of the molecule is Cc1ccccc1[C@]1(CC(=O)N2CCN(CCO)CC2)CC(=O)N(Cc2ccncc2)C1=O. The third-order valence-corrected chi connectivity index (χ3v) is 6.75. The van der Waals surface area contributed by atoms with Gasteiger partial charge in [0.25, 0.3) is 0 Å². The molecule has 8 nitrogen and oxygen atoms in total. The van der Waals surface area contributed by atoms with Crippen molar-refractivity contribution in [3.05, 3.63) is 65.5 Å². The van der Waals surface area contributed by atoms with Gasteiger partial charge >= 0.3 is 0 Å². The van der Waals surface area contributed by atoms with E-state index < -0.39 is 5.41 Å². The number of aromatic nitrogens is 1. The van der Waals surface area contributed by atoms with Gasteiger partial charge in [-0.1, -0.05) is 24.3 Å². The van der Waals surface area contributed by atoms with Crippen LogP contribution in [0.4, 0.5) is 0 Å². The van der Waals surface area contributed by atoms with Crippen molar-refractivity contribution >= 4 is 17.7 Å². The molecule has 1 aromatic carbocycles. The fourth-order valence-corrected chi connectivity index (χ4v) is 4.92. The molecule has 0 spiro atoms. The highest BCUT2D eigenvalue weighted by molar-refractivity contribution is 6.10. The highest BCUT2D eigenvalue weighted by atomic mass is 16.3. The Morgan fingerprint density at radius 1 is 1.06 bits per heavy atom. The molecule has 0 unspecified atom stereocenters. The smallest absolute Gasteiger partial charge is 0.241 e. The summed E-state index contributed by atoms with van der Waals surface area (Å²) in [4.78, 5) is 49.5. The number of hydrogen-bond donors (Lipinski definition) is 1. The predicted molar refractivity (Wildman–Crippen MR) is 122 cm³/mol. The predicted octanol–water partition coefficient (Wildman–Crippen LogP) is 1.11. The summed E-state index contributed by atoms with van der Waals surface area (Å²) in [7, 11) is 0. The van der Waals surface area contributed by atoms with Gasteiger partial charge < -0.3 is 10.0 Å². The Morgan fingerprint density at radius 2 is 1.76 bits per heavy atom. The minimum atomic E-state index is -1.20. The monoisotopic (exact) mass is 450 g/mol. The van der Waals surface area contributed by atoms with Crippen molar-refractivity contribution < 1.29 is 19.5 Å². The lowest BCUT2D eigenvalue weighted by Gasteiger charge is -2.36. The van der Waals surface area contributed by atoms with Crippen LogP contribution in [-0.2, 0) is 26.3 Å². The molecule has 33 heavy (non-hydrogen) atoms. The number of aryl methyl sites for hydroxylation is 1. The zero-order valence-electron chi connectivity index (χ0n) is 18.9. The molecule has 1 N–H and O–H groups in total. The topological polar surface area (TPSA) is 94.1 Å². The molecule has 174 valence electrons. The highest BCUT2D eigenvalue weighted by Gasteiger charge is 2.54. The zero-order chi connectivity index (χ0) is 23.4. The number of carbonyl (C=O) groups excluding carboxylic acids is 3. The minimum absolute atomic E-state index is 0.0159. The van der Waals surface area contributed by atoms with E-state index in [0.29, 0.717) is 32.7 Å². The van der Waals surface area contributed by atoms with Gasteiger partial charge in [0.05, 0.1) is 18.6 Å². The van der Waals surface area contributed by atoms with Gasteiger partial charge in [0.1, 0.15) is 0 Å². The summed E-state index contributed by atoms with van der Waals surface area (Å²) in [6.07, 6.45) is 3.22. The second-order valence-corrected chi connectivity index (χ2v) is 8.84. The van der Waals surface area contributed by atoms with E-state index >= 15 is 0 Å². The van der Waals surface area contributed by atoms with Gasteiger partial charge in [0.15, 0.2) is 0 Å². The van der Waals surface area contributed by atoms with Crippen molar-refractivity contribution in [2.45, 2.75) is 31.7 Å². The Bertz CT molecular complexity index is 1020. The van der Waals surface area contributed by atoms with Crippen molar-refractivity contribution in [3.8, 4) is 0 Å². The molecule has 0 radical (unpaired) electrons. The largest absolute Gasteiger partial charge is 0.395 e. The number of aliphatic hydroxyl groups is 1. The summed E-state index contributed by atoms with van der Waals surface area (Å²) in [6, 6.07) is 11.1. The minimum Gasteiger partial charge on any atom is -0.395 e. The van der Waals surface area contributed by atoms with Crippen LogP contribution in [0.2, 0.25) is 0 Å². The maximum absolute atomic E-state index is 13.8. The maximum Gasteiger partial charge on any atom is 0.241 e. The summed E-state index contributed by atoms with van der Waals surface area (Å²) in [5, 5.41) is 9.15. The van der Waals surface area contributed by atoms with Gasteiger partial charge in [0, 0.05) is 58.0 Å². The van der Waals surface area contributed by atoms with E-state index in [4.69, 9.17) is 5.11 Å². The number of imide groups is 1. The zero-order valence-corrected chi connectivity index (χ0v) is 18.9. The molecule has 0 saturated carbocycles. The molecule has 0 aliphatic carbocycles. The first kappa shape index (κ1) is 23.1. The summed E-state index contributed by atoms with van der Waals surface area (Å²) in [6.45, 7) is 5.23. The van der Waals surface area contributed by atoms with Crippen LogP contribution in [0.5, 0.6) is 0 Å². The first-order chi connectivity index (χ1) is 15.9. The van der Waals surface area contributed by atoms with Gasteiger partial charge in [0.2, 0.25) is 17.7 Å². The lowest BCUT2D eigenvalue weighted by molar-refractivity contribution is -0.143. The van der Waals surface area contributed by atoms with Crippen LogP contribution in [0.3, 0.4) is 0 Å². The van der Waals surface area contributed by atoms with Crippen LogP contribution in [-0.4, -0.2) is 81.8 Å². The molecule has 3 heterocycles. The van der Waals surface area contributed by atoms with E-state index in [-0.39, 0.29) is 43.7 Å². The standard InChI is InChI=1S/C25H30N4O4/c1-19-4-2-3-5-21(19)25(16-22(31)28-12-10-27(11-13-28)14-15-30)17-23(32)29(24(25)33)18-20-6-8-26-9-7-20/h2-9,30H,10-18H2,1H3/t25-/m0/s1. The molecule has 3 amide bonds. The number of piperazine rings is 1. The Balaban J connectivity index is 1.61. The summed E-state index contributed by atoms with van der Waals surface area (Å²) in [5.74, 6) is -0.694. The van der Waals surface area contributed by atoms with Crippen LogP contribution < -0.4 is 0 Å². The first-order valence-corrected chi connectivity index (χ1v) is 11.4. The summed E-state index contributed by atoms with van der Waals surface area (Å²) < 4.78 is 0. The summed E-state index contributed by atoms with van der Waals surface area (Å²) >= 11 is 0. The number of amides is 3. The Kier molecular flexibility index (Phi) is 6.85. The molecule has 2 aromatic rings. The molecule has 8 heteroatoms. The second-order valence-electron chi connectivity index (χ2n) is 8.84. The van der Waals surface area contributed by atoms with Gasteiger partial charge in [-0.15, -0.1) is 0 Å². The molecule has 1 atom stereocenters. The van der Waals surface area contributed by atoms with E-state index in [1.807, 2.05) is 31.2 Å². The number of nitrogens with zero attached hydrogens (tertiary/aromatic N) is 4. The number of rotatable bonds is 7. The molecule has 2 fully saturated rings. The van der Waals surface area contributed by atoms with E-state index in [1.54, 1.807) is 29.4 Å². The van der Waals surface area contributed by atoms with Crippen molar-refractivity contribution in [1.82, 2.24) is 19.7 Å². The van der Waals surface area contributed by atoms with Gasteiger partial charge in [-0.3, -0.25) is 29.2 Å². The van der Waals surface area contributed by atoms with Crippen LogP contribution in [0, 0.1) is 6.92 Å². The fourth-order valence-electron chi connectivity index (χ4n) is 4.92. The number of benzene rings is 1. The Labute approximate surface area is 193 Å². The van der Waals surface area contributed by atoms with E-state index in [9.17, 15) is 14.4 Å². The lowest BCUT2D eigenvalue weighted by Crippen LogP contribution is -2.51. The van der Waals surface area contributed by atoms with E-state index in [1.165, 1.54) is 4.90 Å². The van der Waals surface area contributed by atoms with E-state index in [2.05, 4.69) is 9.88 Å². The molecule has 2 aliphatic heterocycles. The Hall–Kier alpha value is -3.10. The number of pyridine rings is 1. The third-order valence-electron chi connectivity index (χ3n) is 6.75. The van der Waals surface area contributed by atoms with Crippen LogP contribution >= 0.6 is 0 Å². The first-order valence-electron chi connectivity index (χ1n) is 11.4. The van der Waals surface area contributed by atoms with Crippen LogP contribution in [0.25, 0.3) is 0 Å². The van der Waals surface area contributed by atoms with Crippen molar-refractivity contribution in [1.29, 1.82) is 0 Å². The van der Waals surface area contributed by atoms with Crippen molar-refractivity contribution in [2.75, 3.05) is 39.3 Å². The molecular weight excluding hydrogens is 420 g/mol. The number of aliphatic hydroxyl groups excluding tert-OH is 1. The molecular formula is C25H30N4O4. The van der Waals surface area contributed by atoms with Crippen molar-refractivity contribution in [2.24, 2.45) is 0 Å². The van der Waals surface area contributed by atoms with Gasteiger partial charge in [-0.05, 0) is 35.7 Å². The molecule has 4 rings (SSSR count). The maximum atomic E-state index is 13.8. The number of hydrogen-bond acceptors (Lipinski definition) is 6. The van der Waals surface area contributed by atoms with E-state index in [0.717, 1.165) is 16.7 Å². The third kappa shape index (κ3) is 4.67. The normalized spacial score (nSPS) is 21.6. The molecule has 2 saturated heterocycles. The van der Waals surface area contributed by atoms with Gasteiger partial charge in [-0.2, -0.15) is 0 Å². The quantitative estimate of drug-likeness (QED) is 0.636.